The zero-order valence-corrected chi connectivity index (χ0v) is 12.0. The van der Waals surface area contributed by atoms with Crippen LogP contribution in [0.25, 0.3) is 0 Å². The van der Waals surface area contributed by atoms with Crippen molar-refractivity contribution in [2.45, 2.75) is 19.2 Å². The van der Waals surface area contributed by atoms with Gasteiger partial charge in [0.1, 0.15) is 5.75 Å². The molecule has 0 saturated carbocycles. The van der Waals surface area contributed by atoms with Crippen LogP contribution >= 0.6 is 0 Å². The van der Waals surface area contributed by atoms with Crippen molar-refractivity contribution in [2.24, 2.45) is 5.92 Å². The van der Waals surface area contributed by atoms with Crippen LogP contribution in [0, 0.1) is 17.2 Å². The molecule has 1 amide bonds. The summed E-state index contributed by atoms with van der Waals surface area (Å²) in [5.74, 6) is -3.26. The number of hydrogen-bond acceptors (Lipinski definition) is 4. The second-order valence-electron chi connectivity index (χ2n) is 5.03. The standard InChI is InChI=1S/C15H13F3N2O3/c16-15(17,18)23-11-5-3-10(4-6-11)13(21)12(9-19)14(22)20-7-1-2-8-20/h3-6,12H,1-2,7-8H2. The lowest BCUT2D eigenvalue weighted by Crippen LogP contribution is -2.37. The monoisotopic (exact) mass is 326 g/mol. The molecular formula is C15H13F3N2O3. The topological polar surface area (TPSA) is 70.4 Å². The largest absolute Gasteiger partial charge is 0.573 e. The average Bonchev–Trinajstić information content (AvgIpc) is 3.01. The van der Waals surface area contributed by atoms with Crippen LogP contribution in [0.5, 0.6) is 5.75 Å². The maximum absolute atomic E-state index is 12.2. The van der Waals surface area contributed by atoms with Crippen LogP contribution in [-0.4, -0.2) is 36.0 Å². The fourth-order valence-electron chi connectivity index (χ4n) is 2.33. The molecule has 0 aromatic heterocycles. The van der Waals surface area contributed by atoms with Gasteiger partial charge in [0.2, 0.25) is 5.91 Å². The first-order valence-electron chi connectivity index (χ1n) is 6.90. The Bertz CT molecular complexity index is 629. The molecule has 1 fully saturated rings. The number of Topliss-reactive ketones (excluding diaryl/α,β-unsaturated/α-hetero) is 1. The van der Waals surface area contributed by atoms with E-state index in [1.807, 2.05) is 0 Å². The number of alkyl halides is 3. The zero-order chi connectivity index (χ0) is 17.0. The Labute approximate surface area is 130 Å². The average molecular weight is 326 g/mol. The number of ketones is 1. The molecule has 0 bridgehead atoms. The molecule has 0 spiro atoms. The van der Waals surface area contributed by atoms with Gasteiger partial charge in [0.25, 0.3) is 0 Å². The Morgan fingerprint density at radius 1 is 1.17 bits per heavy atom. The highest BCUT2D eigenvalue weighted by Crippen LogP contribution is 2.24. The number of nitrogens with zero attached hydrogens (tertiary/aromatic N) is 2. The van der Waals surface area contributed by atoms with Crippen molar-refractivity contribution < 1.29 is 27.5 Å². The lowest BCUT2D eigenvalue weighted by Gasteiger charge is -2.18. The van der Waals surface area contributed by atoms with E-state index in [1.165, 1.54) is 4.90 Å². The molecule has 23 heavy (non-hydrogen) atoms. The lowest BCUT2D eigenvalue weighted by atomic mass is 9.97. The molecular weight excluding hydrogens is 313 g/mol. The van der Waals surface area contributed by atoms with Crippen molar-refractivity contribution in [2.75, 3.05) is 13.1 Å². The van der Waals surface area contributed by atoms with Gasteiger partial charge in [-0.05, 0) is 37.1 Å². The van der Waals surface area contributed by atoms with E-state index in [1.54, 1.807) is 6.07 Å². The minimum absolute atomic E-state index is 0.0152. The second kappa shape index (κ2) is 6.69. The van der Waals surface area contributed by atoms with Gasteiger partial charge in [-0.15, -0.1) is 13.2 Å². The molecule has 1 aliphatic heterocycles. The maximum Gasteiger partial charge on any atom is 0.573 e. The molecule has 1 unspecified atom stereocenters. The minimum atomic E-state index is -4.83. The number of halogens is 3. The summed E-state index contributed by atoms with van der Waals surface area (Å²) >= 11 is 0. The summed E-state index contributed by atoms with van der Waals surface area (Å²) in [5, 5.41) is 9.10. The number of nitriles is 1. The third-order valence-electron chi connectivity index (χ3n) is 3.43. The SMILES string of the molecule is N#CC(C(=O)c1ccc(OC(F)(F)F)cc1)C(=O)N1CCCC1. The van der Waals surface area contributed by atoms with Crippen molar-refractivity contribution in [1.29, 1.82) is 5.26 Å². The minimum Gasteiger partial charge on any atom is -0.406 e. The fourth-order valence-corrected chi connectivity index (χ4v) is 2.33. The fraction of sp³-hybridized carbons (Fsp3) is 0.400. The smallest absolute Gasteiger partial charge is 0.406 e. The van der Waals surface area contributed by atoms with Gasteiger partial charge in [-0.3, -0.25) is 9.59 Å². The van der Waals surface area contributed by atoms with Crippen LogP contribution in [0.15, 0.2) is 24.3 Å². The molecule has 1 atom stereocenters. The Morgan fingerprint density at radius 3 is 2.22 bits per heavy atom. The molecule has 2 rings (SSSR count). The third kappa shape index (κ3) is 4.22. The maximum atomic E-state index is 12.2. The van der Waals surface area contributed by atoms with Gasteiger partial charge in [0, 0.05) is 18.7 Å². The van der Waals surface area contributed by atoms with Gasteiger partial charge >= 0.3 is 6.36 Å². The third-order valence-corrected chi connectivity index (χ3v) is 3.43. The summed E-state index contributed by atoms with van der Waals surface area (Å²) in [4.78, 5) is 25.8. The van der Waals surface area contributed by atoms with Crippen molar-refractivity contribution in [3.63, 3.8) is 0 Å². The summed E-state index contributed by atoms with van der Waals surface area (Å²) in [7, 11) is 0. The number of rotatable bonds is 4. The predicted octanol–water partition coefficient (Wildman–Crippen LogP) is 2.53. The van der Waals surface area contributed by atoms with E-state index < -0.39 is 29.7 Å². The Morgan fingerprint density at radius 2 is 1.74 bits per heavy atom. The molecule has 1 aromatic carbocycles. The summed E-state index contributed by atoms with van der Waals surface area (Å²) in [6, 6.07) is 5.82. The van der Waals surface area contributed by atoms with Gasteiger partial charge in [-0.2, -0.15) is 5.26 Å². The predicted molar refractivity (Wildman–Crippen MR) is 72.4 cm³/mol. The molecule has 1 heterocycles. The number of hydrogen-bond donors (Lipinski definition) is 0. The van der Waals surface area contributed by atoms with Gasteiger partial charge in [-0.25, -0.2) is 0 Å². The van der Waals surface area contributed by atoms with Crippen LogP contribution in [0.4, 0.5) is 13.2 Å². The number of carbonyl (C=O) groups is 2. The summed E-state index contributed by atoms with van der Waals surface area (Å²) < 4.78 is 39.9. The van der Waals surface area contributed by atoms with Crippen molar-refractivity contribution >= 4 is 11.7 Å². The summed E-state index contributed by atoms with van der Waals surface area (Å²) in [5.41, 5.74) is -0.0152. The van der Waals surface area contributed by atoms with Crippen LogP contribution in [0.2, 0.25) is 0 Å². The number of benzene rings is 1. The Hall–Kier alpha value is -2.56. The molecule has 0 aliphatic carbocycles. The van der Waals surface area contributed by atoms with E-state index in [9.17, 15) is 22.8 Å². The molecule has 8 heteroatoms. The molecule has 122 valence electrons. The normalized spacial score (nSPS) is 15.8. The lowest BCUT2D eigenvalue weighted by molar-refractivity contribution is -0.274. The van der Waals surface area contributed by atoms with E-state index in [4.69, 9.17) is 5.26 Å². The van der Waals surface area contributed by atoms with Crippen LogP contribution in [0.3, 0.4) is 0 Å². The number of carbonyl (C=O) groups excluding carboxylic acids is 2. The van der Waals surface area contributed by atoms with E-state index >= 15 is 0 Å². The van der Waals surface area contributed by atoms with Crippen LogP contribution < -0.4 is 4.74 Å². The van der Waals surface area contributed by atoms with Gasteiger partial charge in [-0.1, -0.05) is 0 Å². The highest BCUT2D eigenvalue weighted by molar-refractivity contribution is 6.12. The molecule has 1 saturated heterocycles. The highest BCUT2D eigenvalue weighted by atomic mass is 19.4. The molecule has 1 aromatic rings. The van der Waals surface area contributed by atoms with E-state index in [-0.39, 0.29) is 5.56 Å². The molecule has 1 aliphatic rings. The highest BCUT2D eigenvalue weighted by Gasteiger charge is 2.33. The zero-order valence-electron chi connectivity index (χ0n) is 12.0. The number of ether oxygens (including phenoxy) is 1. The van der Waals surface area contributed by atoms with Crippen LogP contribution in [-0.2, 0) is 4.79 Å². The summed E-state index contributed by atoms with van der Waals surface area (Å²) in [6.45, 7) is 1.01. The molecule has 0 radical (unpaired) electrons. The molecule has 5 nitrogen and oxygen atoms in total. The van der Waals surface area contributed by atoms with Crippen LogP contribution in [0.1, 0.15) is 23.2 Å². The summed E-state index contributed by atoms with van der Waals surface area (Å²) in [6.07, 6.45) is -3.18. The first kappa shape index (κ1) is 16.8. The van der Waals surface area contributed by atoms with Crippen molar-refractivity contribution in [3.8, 4) is 11.8 Å². The van der Waals surface area contributed by atoms with Gasteiger partial charge < -0.3 is 9.64 Å². The van der Waals surface area contributed by atoms with Crippen molar-refractivity contribution in [1.82, 2.24) is 4.90 Å². The Kier molecular flexibility index (Phi) is 4.89. The second-order valence-corrected chi connectivity index (χ2v) is 5.03. The van der Waals surface area contributed by atoms with E-state index in [0.29, 0.717) is 13.1 Å². The van der Waals surface area contributed by atoms with E-state index in [2.05, 4.69) is 4.74 Å². The van der Waals surface area contributed by atoms with Crippen molar-refractivity contribution in [3.05, 3.63) is 29.8 Å². The van der Waals surface area contributed by atoms with Gasteiger partial charge in [0.15, 0.2) is 11.7 Å². The number of amides is 1. The first-order chi connectivity index (χ1) is 10.8. The first-order valence-corrected chi connectivity index (χ1v) is 6.90. The van der Waals surface area contributed by atoms with E-state index in [0.717, 1.165) is 37.1 Å². The number of likely N-dealkylation sites (tertiary alicyclic amines) is 1. The quantitative estimate of drug-likeness (QED) is 0.630. The Balaban J connectivity index is 2.11. The molecule has 0 N–H and O–H groups in total. The van der Waals surface area contributed by atoms with Gasteiger partial charge in [0.05, 0.1) is 6.07 Å².